The van der Waals surface area contributed by atoms with Crippen molar-refractivity contribution < 1.29 is 0 Å². The van der Waals surface area contributed by atoms with Gasteiger partial charge in [0, 0.05) is 32.7 Å². The number of aromatic amines is 1. The maximum Gasteiger partial charge on any atom is 0.193 e. The minimum atomic E-state index is 0.697. The first kappa shape index (κ1) is 16.2. The Morgan fingerprint density at radius 2 is 2.25 bits per heavy atom. The summed E-state index contributed by atoms with van der Waals surface area (Å²) in [4.78, 5) is 10.7. The standard InChI is InChI=1S/C17H20N6S/c1-18-17(23(2)10-14-6-7-24-11-14)19-9-13-4-3-5-15(8-13)16-20-12-21-22-16/h3-8,11-12H,9-10H2,1-2H3,(H,18,19)(H,20,21,22). The van der Waals surface area contributed by atoms with E-state index in [9.17, 15) is 0 Å². The Kier molecular flexibility index (Phi) is 5.22. The van der Waals surface area contributed by atoms with Gasteiger partial charge in [0.15, 0.2) is 11.8 Å². The maximum absolute atomic E-state index is 4.36. The first-order chi connectivity index (χ1) is 11.8. The van der Waals surface area contributed by atoms with Gasteiger partial charge >= 0.3 is 0 Å². The lowest BCUT2D eigenvalue weighted by Crippen LogP contribution is -2.37. The summed E-state index contributed by atoms with van der Waals surface area (Å²) in [5, 5.41) is 14.4. The zero-order chi connectivity index (χ0) is 16.8. The van der Waals surface area contributed by atoms with Gasteiger partial charge in [-0.15, -0.1) is 0 Å². The highest BCUT2D eigenvalue weighted by molar-refractivity contribution is 7.07. The molecule has 24 heavy (non-hydrogen) atoms. The second kappa shape index (κ2) is 7.74. The summed E-state index contributed by atoms with van der Waals surface area (Å²) in [6.07, 6.45) is 1.52. The monoisotopic (exact) mass is 340 g/mol. The molecule has 0 aliphatic heterocycles. The molecule has 2 heterocycles. The number of rotatable bonds is 5. The Balaban J connectivity index is 1.62. The van der Waals surface area contributed by atoms with Gasteiger partial charge < -0.3 is 10.2 Å². The van der Waals surface area contributed by atoms with Crippen LogP contribution in [0, 0.1) is 0 Å². The lowest BCUT2D eigenvalue weighted by Gasteiger charge is -2.21. The molecule has 0 spiro atoms. The summed E-state index contributed by atoms with van der Waals surface area (Å²) in [5.74, 6) is 1.64. The van der Waals surface area contributed by atoms with E-state index in [0.29, 0.717) is 6.54 Å². The zero-order valence-electron chi connectivity index (χ0n) is 13.7. The number of H-pyrrole nitrogens is 1. The van der Waals surface area contributed by atoms with E-state index in [0.717, 1.165) is 29.5 Å². The third-order valence-corrected chi connectivity index (χ3v) is 4.37. The van der Waals surface area contributed by atoms with Crippen LogP contribution in [0.1, 0.15) is 11.1 Å². The average Bonchev–Trinajstić information content (AvgIpc) is 3.29. The molecule has 3 aromatic rings. The Morgan fingerprint density at radius 1 is 1.33 bits per heavy atom. The normalized spacial score (nSPS) is 11.5. The summed E-state index contributed by atoms with van der Waals surface area (Å²) in [5.41, 5.74) is 3.47. The molecule has 7 heteroatoms. The first-order valence-corrected chi connectivity index (χ1v) is 8.58. The molecule has 0 aliphatic carbocycles. The molecule has 0 amide bonds. The van der Waals surface area contributed by atoms with Crippen molar-refractivity contribution in [2.75, 3.05) is 14.1 Å². The van der Waals surface area contributed by atoms with Crippen LogP contribution in [0.3, 0.4) is 0 Å². The Hall–Kier alpha value is -2.67. The lowest BCUT2D eigenvalue weighted by atomic mass is 10.1. The average molecular weight is 340 g/mol. The van der Waals surface area contributed by atoms with Crippen LogP contribution in [0.5, 0.6) is 0 Å². The minimum Gasteiger partial charge on any atom is -0.352 e. The molecule has 1 aromatic carbocycles. The van der Waals surface area contributed by atoms with Crippen molar-refractivity contribution in [2.24, 2.45) is 4.99 Å². The summed E-state index contributed by atoms with van der Waals surface area (Å²) in [7, 11) is 3.84. The number of thiophene rings is 1. The van der Waals surface area contributed by atoms with Gasteiger partial charge in [-0.1, -0.05) is 18.2 Å². The number of nitrogens with zero attached hydrogens (tertiary/aromatic N) is 4. The van der Waals surface area contributed by atoms with Crippen molar-refractivity contribution in [1.82, 2.24) is 25.4 Å². The number of benzene rings is 1. The van der Waals surface area contributed by atoms with Crippen LogP contribution in [0.4, 0.5) is 0 Å². The fraction of sp³-hybridized carbons (Fsp3) is 0.235. The molecule has 0 saturated heterocycles. The van der Waals surface area contributed by atoms with Gasteiger partial charge in [-0.2, -0.15) is 16.4 Å². The Bertz CT molecular complexity index is 779. The van der Waals surface area contributed by atoms with E-state index in [4.69, 9.17) is 0 Å². The second-order valence-corrected chi connectivity index (χ2v) is 6.20. The third-order valence-electron chi connectivity index (χ3n) is 3.64. The molecule has 0 aliphatic rings. The molecule has 0 bridgehead atoms. The van der Waals surface area contributed by atoms with Gasteiger partial charge in [-0.25, -0.2) is 4.98 Å². The van der Waals surface area contributed by atoms with E-state index in [1.54, 1.807) is 18.4 Å². The van der Waals surface area contributed by atoms with E-state index in [1.165, 1.54) is 11.9 Å². The van der Waals surface area contributed by atoms with Crippen LogP contribution in [-0.2, 0) is 13.1 Å². The summed E-state index contributed by atoms with van der Waals surface area (Å²) in [6, 6.07) is 10.3. The minimum absolute atomic E-state index is 0.697. The number of nitrogens with one attached hydrogen (secondary N) is 2. The SMILES string of the molecule is CN=C(NCc1cccc(-c2ncn[nH]2)c1)N(C)Cc1ccsc1. The molecule has 6 nitrogen and oxygen atoms in total. The highest BCUT2D eigenvalue weighted by Gasteiger charge is 2.07. The van der Waals surface area contributed by atoms with Gasteiger partial charge in [-0.05, 0) is 34.0 Å². The number of guanidine groups is 1. The molecular weight excluding hydrogens is 320 g/mol. The molecule has 0 fully saturated rings. The molecule has 0 atom stereocenters. The molecule has 2 aromatic heterocycles. The summed E-state index contributed by atoms with van der Waals surface area (Å²) >= 11 is 1.71. The summed E-state index contributed by atoms with van der Waals surface area (Å²) in [6.45, 7) is 1.53. The quantitative estimate of drug-likeness (QED) is 0.553. The molecule has 0 unspecified atom stereocenters. The van der Waals surface area contributed by atoms with Gasteiger partial charge in [-0.3, -0.25) is 10.1 Å². The van der Waals surface area contributed by atoms with E-state index >= 15 is 0 Å². The van der Waals surface area contributed by atoms with Crippen molar-refractivity contribution in [3.63, 3.8) is 0 Å². The van der Waals surface area contributed by atoms with Crippen molar-refractivity contribution >= 4 is 17.3 Å². The third kappa shape index (κ3) is 3.99. The smallest absolute Gasteiger partial charge is 0.193 e. The van der Waals surface area contributed by atoms with Gasteiger partial charge in [0.2, 0.25) is 0 Å². The Morgan fingerprint density at radius 3 is 2.96 bits per heavy atom. The van der Waals surface area contributed by atoms with Gasteiger partial charge in [0.1, 0.15) is 6.33 Å². The molecule has 0 radical (unpaired) electrons. The lowest BCUT2D eigenvalue weighted by molar-refractivity contribution is 0.477. The van der Waals surface area contributed by atoms with Crippen molar-refractivity contribution in [2.45, 2.75) is 13.1 Å². The van der Waals surface area contributed by atoms with Crippen molar-refractivity contribution in [3.05, 3.63) is 58.5 Å². The van der Waals surface area contributed by atoms with Gasteiger partial charge in [0.25, 0.3) is 0 Å². The fourth-order valence-corrected chi connectivity index (χ4v) is 3.13. The van der Waals surface area contributed by atoms with Crippen molar-refractivity contribution in [3.8, 4) is 11.4 Å². The molecular formula is C17H20N6S. The topological polar surface area (TPSA) is 69.2 Å². The van der Waals surface area contributed by atoms with Crippen molar-refractivity contribution in [1.29, 1.82) is 0 Å². The van der Waals surface area contributed by atoms with Crippen LogP contribution in [0.25, 0.3) is 11.4 Å². The molecule has 2 N–H and O–H groups in total. The maximum atomic E-state index is 4.36. The second-order valence-electron chi connectivity index (χ2n) is 5.42. The number of aromatic nitrogens is 3. The predicted molar refractivity (Wildman–Crippen MR) is 97.8 cm³/mol. The van der Waals surface area contributed by atoms with Crippen LogP contribution < -0.4 is 5.32 Å². The fourth-order valence-electron chi connectivity index (χ4n) is 2.47. The largest absolute Gasteiger partial charge is 0.352 e. The van der Waals surface area contributed by atoms with Crippen LogP contribution in [0.15, 0.2) is 52.4 Å². The predicted octanol–water partition coefficient (Wildman–Crippen LogP) is 2.74. The molecule has 3 rings (SSSR count). The van der Waals surface area contributed by atoms with E-state index < -0.39 is 0 Å². The molecule has 0 saturated carbocycles. The van der Waals surface area contributed by atoms with E-state index in [-0.39, 0.29) is 0 Å². The first-order valence-electron chi connectivity index (χ1n) is 7.64. The number of hydrogen-bond acceptors (Lipinski definition) is 4. The van der Waals surface area contributed by atoms with E-state index in [2.05, 4.69) is 59.3 Å². The van der Waals surface area contributed by atoms with Crippen LogP contribution in [-0.4, -0.2) is 40.1 Å². The number of hydrogen-bond donors (Lipinski definition) is 2. The molecule has 124 valence electrons. The number of aliphatic imine (C=N–C) groups is 1. The van der Waals surface area contributed by atoms with Gasteiger partial charge in [0.05, 0.1) is 0 Å². The summed E-state index contributed by atoms with van der Waals surface area (Å²) < 4.78 is 0. The Labute approximate surface area is 145 Å². The van der Waals surface area contributed by atoms with Crippen LogP contribution in [0.2, 0.25) is 0 Å². The highest BCUT2D eigenvalue weighted by atomic mass is 32.1. The van der Waals surface area contributed by atoms with E-state index in [1.807, 2.05) is 19.2 Å². The van der Waals surface area contributed by atoms with Crippen LogP contribution >= 0.6 is 11.3 Å². The zero-order valence-corrected chi connectivity index (χ0v) is 14.5. The highest BCUT2D eigenvalue weighted by Crippen LogP contribution is 2.15.